The molecule has 0 unspecified atom stereocenters. The minimum atomic E-state index is -0.124. The van der Waals surface area contributed by atoms with Crippen LogP contribution in [0.25, 0.3) is 0 Å². The van der Waals surface area contributed by atoms with Gasteiger partial charge in [0.15, 0.2) is 0 Å². The zero-order valence-corrected chi connectivity index (χ0v) is 12.1. The highest BCUT2D eigenvalue weighted by molar-refractivity contribution is 5.76. The van der Waals surface area contributed by atoms with Crippen molar-refractivity contribution in [3.63, 3.8) is 0 Å². The fourth-order valence-corrected chi connectivity index (χ4v) is 2.77. The van der Waals surface area contributed by atoms with E-state index in [-0.39, 0.29) is 18.0 Å². The maximum Gasteiger partial charge on any atom is 0.251 e. The van der Waals surface area contributed by atoms with Crippen LogP contribution in [-0.4, -0.2) is 21.9 Å². The Morgan fingerprint density at radius 3 is 2.62 bits per heavy atom. The highest BCUT2D eigenvalue weighted by Gasteiger charge is 2.20. The van der Waals surface area contributed by atoms with Crippen LogP contribution in [0.15, 0.2) is 47.3 Å². The Labute approximate surface area is 123 Å². The van der Waals surface area contributed by atoms with Crippen molar-refractivity contribution in [2.75, 3.05) is 6.54 Å². The summed E-state index contributed by atoms with van der Waals surface area (Å²) >= 11 is 0. The van der Waals surface area contributed by atoms with E-state index in [9.17, 15) is 9.59 Å². The molecule has 1 aromatic heterocycles. The molecule has 1 aromatic carbocycles. The topological polar surface area (TPSA) is 42.3 Å². The quantitative estimate of drug-likeness (QED) is 0.842. The van der Waals surface area contributed by atoms with Crippen LogP contribution < -0.4 is 5.56 Å². The molecule has 1 aliphatic heterocycles. The Kier molecular flexibility index (Phi) is 3.60. The van der Waals surface area contributed by atoms with E-state index in [2.05, 4.69) is 12.1 Å². The van der Waals surface area contributed by atoms with Crippen LogP contribution in [0.2, 0.25) is 0 Å². The van der Waals surface area contributed by atoms with Gasteiger partial charge in [-0.3, -0.25) is 9.59 Å². The second-order valence-electron chi connectivity index (χ2n) is 5.43. The van der Waals surface area contributed by atoms with Gasteiger partial charge in [0.25, 0.3) is 5.56 Å². The summed E-state index contributed by atoms with van der Waals surface area (Å²) in [7, 11) is 0. The molecule has 1 amide bonds. The van der Waals surface area contributed by atoms with Crippen LogP contribution in [-0.2, 0) is 24.3 Å². The van der Waals surface area contributed by atoms with E-state index in [0.29, 0.717) is 6.54 Å². The van der Waals surface area contributed by atoms with Gasteiger partial charge in [0.2, 0.25) is 5.91 Å². The van der Waals surface area contributed by atoms with Crippen molar-refractivity contribution >= 4 is 5.91 Å². The highest BCUT2D eigenvalue weighted by atomic mass is 16.2. The summed E-state index contributed by atoms with van der Waals surface area (Å²) in [4.78, 5) is 26.1. The molecule has 0 N–H and O–H groups in total. The SMILES string of the molecule is Cc1cccc(=O)n1CC(=O)N1CCc2ccccc2C1. The molecule has 0 bridgehead atoms. The first kappa shape index (κ1) is 13.6. The summed E-state index contributed by atoms with van der Waals surface area (Å²) in [6, 6.07) is 13.3. The Balaban J connectivity index is 1.77. The number of pyridine rings is 1. The third-order valence-corrected chi connectivity index (χ3v) is 4.04. The highest BCUT2D eigenvalue weighted by Crippen LogP contribution is 2.18. The third kappa shape index (κ3) is 2.75. The first-order valence-electron chi connectivity index (χ1n) is 7.16. The largest absolute Gasteiger partial charge is 0.336 e. The fourth-order valence-electron chi connectivity index (χ4n) is 2.77. The van der Waals surface area contributed by atoms with Gasteiger partial charge in [-0.1, -0.05) is 30.3 Å². The van der Waals surface area contributed by atoms with Crippen molar-refractivity contribution in [3.8, 4) is 0 Å². The molecule has 3 rings (SSSR count). The van der Waals surface area contributed by atoms with Crippen LogP contribution in [0.3, 0.4) is 0 Å². The molecule has 0 atom stereocenters. The Hall–Kier alpha value is -2.36. The van der Waals surface area contributed by atoms with Gasteiger partial charge in [-0.25, -0.2) is 0 Å². The van der Waals surface area contributed by atoms with Crippen molar-refractivity contribution in [3.05, 3.63) is 69.6 Å². The molecule has 0 radical (unpaired) electrons. The zero-order chi connectivity index (χ0) is 14.8. The molecule has 4 nitrogen and oxygen atoms in total. The predicted molar refractivity (Wildman–Crippen MR) is 81.0 cm³/mol. The minimum absolute atomic E-state index is 0.000836. The van der Waals surface area contributed by atoms with Crippen molar-refractivity contribution in [1.82, 2.24) is 9.47 Å². The van der Waals surface area contributed by atoms with Gasteiger partial charge < -0.3 is 9.47 Å². The maximum atomic E-state index is 12.4. The number of carbonyl (C=O) groups excluding carboxylic acids is 1. The summed E-state index contributed by atoms with van der Waals surface area (Å²) in [6.07, 6.45) is 0.880. The molecule has 2 aromatic rings. The zero-order valence-electron chi connectivity index (χ0n) is 12.1. The van der Waals surface area contributed by atoms with Gasteiger partial charge in [-0.05, 0) is 30.5 Å². The lowest BCUT2D eigenvalue weighted by Gasteiger charge is -2.29. The van der Waals surface area contributed by atoms with E-state index >= 15 is 0 Å². The number of hydrogen-bond acceptors (Lipinski definition) is 2. The lowest BCUT2D eigenvalue weighted by Crippen LogP contribution is -2.40. The number of nitrogens with zero attached hydrogens (tertiary/aromatic N) is 2. The molecule has 0 aliphatic carbocycles. The van der Waals surface area contributed by atoms with Crippen LogP contribution in [0.5, 0.6) is 0 Å². The number of carbonyl (C=O) groups is 1. The molecule has 4 heteroatoms. The van der Waals surface area contributed by atoms with E-state index in [1.165, 1.54) is 21.8 Å². The fraction of sp³-hybridized carbons (Fsp3) is 0.294. The van der Waals surface area contributed by atoms with Crippen molar-refractivity contribution in [2.45, 2.75) is 26.4 Å². The van der Waals surface area contributed by atoms with Crippen LogP contribution in [0, 0.1) is 6.92 Å². The second-order valence-corrected chi connectivity index (χ2v) is 5.43. The van der Waals surface area contributed by atoms with E-state index in [1.54, 1.807) is 6.07 Å². The standard InChI is InChI=1S/C17H18N2O2/c1-13-5-4-8-16(20)19(13)12-17(21)18-10-9-14-6-2-3-7-15(14)11-18/h2-8H,9-12H2,1H3. The third-order valence-electron chi connectivity index (χ3n) is 4.04. The number of fused-ring (bicyclic) bond motifs is 1. The van der Waals surface area contributed by atoms with E-state index < -0.39 is 0 Å². The first-order valence-corrected chi connectivity index (χ1v) is 7.16. The molecular formula is C17H18N2O2. The summed E-state index contributed by atoms with van der Waals surface area (Å²) in [6.45, 7) is 3.32. The number of rotatable bonds is 2. The van der Waals surface area contributed by atoms with Crippen LogP contribution in [0.1, 0.15) is 16.8 Å². The maximum absolute atomic E-state index is 12.4. The lowest BCUT2D eigenvalue weighted by molar-refractivity contribution is -0.132. The number of hydrogen-bond donors (Lipinski definition) is 0. The lowest BCUT2D eigenvalue weighted by atomic mass is 10.00. The molecule has 0 saturated carbocycles. The Morgan fingerprint density at radius 2 is 1.86 bits per heavy atom. The summed E-state index contributed by atoms with van der Waals surface area (Å²) < 4.78 is 1.53. The van der Waals surface area contributed by atoms with Gasteiger partial charge in [0.05, 0.1) is 0 Å². The summed E-state index contributed by atoms with van der Waals surface area (Å²) in [5.74, 6) is 0.000836. The summed E-state index contributed by atoms with van der Waals surface area (Å²) in [5.41, 5.74) is 3.21. The van der Waals surface area contributed by atoms with Crippen LogP contribution >= 0.6 is 0 Å². The Morgan fingerprint density at radius 1 is 1.10 bits per heavy atom. The normalized spacial score (nSPS) is 13.9. The number of aryl methyl sites for hydroxylation is 1. The first-order chi connectivity index (χ1) is 10.1. The average Bonchev–Trinajstić information content (AvgIpc) is 2.50. The molecule has 2 heterocycles. The molecule has 108 valence electrons. The predicted octanol–water partition coefficient (Wildman–Crippen LogP) is 1.74. The van der Waals surface area contributed by atoms with E-state index in [1.807, 2.05) is 30.0 Å². The van der Waals surface area contributed by atoms with Crippen molar-refractivity contribution < 1.29 is 4.79 Å². The van der Waals surface area contributed by atoms with Gasteiger partial charge in [0.1, 0.15) is 6.54 Å². The minimum Gasteiger partial charge on any atom is -0.336 e. The number of aromatic nitrogens is 1. The smallest absolute Gasteiger partial charge is 0.251 e. The van der Waals surface area contributed by atoms with E-state index in [0.717, 1.165) is 18.7 Å². The molecule has 0 saturated heterocycles. The van der Waals surface area contributed by atoms with Crippen molar-refractivity contribution in [1.29, 1.82) is 0 Å². The number of benzene rings is 1. The molecule has 21 heavy (non-hydrogen) atoms. The van der Waals surface area contributed by atoms with Crippen LogP contribution in [0.4, 0.5) is 0 Å². The average molecular weight is 282 g/mol. The monoisotopic (exact) mass is 282 g/mol. The van der Waals surface area contributed by atoms with Gasteiger partial charge in [-0.2, -0.15) is 0 Å². The van der Waals surface area contributed by atoms with Gasteiger partial charge in [0, 0.05) is 24.8 Å². The number of amides is 1. The Bertz CT molecular complexity index is 734. The van der Waals surface area contributed by atoms with Gasteiger partial charge >= 0.3 is 0 Å². The van der Waals surface area contributed by atoms with E-state index in [4.69, 9.17) is 0 Å². The molecule has 0 fully saturated rings. The van der Waals surface area contributed by atoms with Gasteiger partial charge in [-0.15, -0.1) is 0 Å². The second kappa shape index (κ2) is 5.56. The molecule has 1 aliphatic rings. The molecule has 0 spiro atoms. The molecular weight excluding hydrogens is 264 g/mol. The van der Waals surface area contributed by atoms with Crippen molar-refractivity contribution in [2.24, 2.45) is 0 Å². The summed E-state index contributed by atoms with van der Waals surface area (Å²) in [5, 5.41) is 0.